The Morgan fingerprint density at radius 3 is 2.42 bits per heavy atom. The highest BCUT2D eigenvalue weighted by Gasteiger charge is 2.34. The molecule has 2 rings (SSSR count). The predicted octanol–water partition coefficient (Wildman–Crippen LogP) is 0.505. The summed E-state index contributed by atoms with van der Waals surface area (Å²) in [5.74, 6) is -0.232. The monoisotopic (exact) mass is 394 g/mol. The summed E-state index contributed by atoms with van der Waals surface area (Å²) in [4.78, 5) is 15.9. The molecule has 134 valence electrons. The number of halogens is 2. The number of carbonyl (C=O) groups is 1. The Balaban J connectivity index is 2.34. The van der Waals surface area contributed by atoms with E-state index >= 15 is 0 Å². The number of nitrogens with zero attached hydrogens (tertiary/aromatic N) is 2. The third kappa shape index (κ3) is 4.33. The van der Waals surface area contributed by atoms with Crippen molar-refractivity contribution in [2.24, 2.45) is 0 Å². The smallest absolute Gasteiger partial charge is 0.246 e. The van der Waals surface area contributed by atoms with Gasteiger partial charge in [-0.15, -0.1) is 0 Å². The first-order valence-corrected chi connectivity index (χ1v) is 10.3. The minimum atomic E-state index is -3.71. The van der Waals surface area contributed by atoms with Gasteiger partial charge in [0.25, 0.3) is 0 Å². The van der Waals surface area contributed by atoms with Crippen LogP contribution in [-0.4, -0.2) is 64.7 Å². The van der Waals surface area contributed by atoms with E-state index in [1.807, 2.05) is 0 Å². The molecule has 1 aromatic carbocycles. The maximum atomic E-state index is 12.8. The topological polar surface area (TPSA) is 62.1 Å². The van der Waals surface area contributed by atoms with Crippen molar-refractivity contribution in [2.75, 3.05) is 43.8 Å². The van der Waals surface area contributed by atoms with Crippen LogP contribution < -0.4 is 9.21 Å². The van der Waals surface area contributed by atoms with E-state index in [2.05, 4.69) is 7.05 Å². The van der Waals surface area contributed by atoms with Crippen molar-refractivity contribution in [1.29, 1.82) is 0 Å². The summed E-state index contributed by atoms with van der Waals surface area (Å²) in [6, 6.07) is 3.66. The Kier molecular flexibility index (Phi) is 6.01. The average molecular weight is 395 g/mol. The van der Waals surface area contributed by atoms with Crippen LogP contribution in [0.2, 0.25) is 10.0 Å². The van der Waals surface area contributed by atoms with E-state index in [1.165, 1.54) is 17.0 Å². The highest BCUT2D eigenvalue weighted by Crippen LogP contribution is 2.32. The van der Waals surface area contributed by atoms with E-state index in [-0.39, 0.29) is 16.6 Å². The van der Waals surface area contributed by atoms with E-state index in [0.717, 1.165) is 23.7 Å². The van der Waals surface area contributed by atoms with Crippen molar-refractivity contribution in [3.8, 4) is 0 Å². The van der Waals surface area contributed by atoms with Crippen molar-refractivity contribution in [3.05, 3.63) is 28.2 Å². The maximum Gasteiger partial charge on any atom is 0.246 e. The number of carbonyl (C=O) groups excluding carboxylic acids is 1. The van der Waals surface area contributed by atoms with Gasteiger partial charge in [-0.1, -0.05) is 23.2 Å². The highest BCUT2D eigenvalue weighted by molar-refractivity contribution is 7.92. The molecule has 0 radical (unpaired) electrons. The first-order chi connectivity index (χ1) is 11.1. The van der Waals surface area contributed by atoms with Crippen LogP contribution in [0.15, 0.2) is 18.2 Å². The summed E-state index contributed by atoms with van der Waals surface area (Å²) in [6.07, 6.45) is 1.06. The number of nitrogens with one attached hydrogen (secondary N) is 1. The number of likely N-dealkylation sites (N-methyl/N-ethyl adjacent to an activating group) is 1. The Labute approximate surface area is 153 Å². The largest absolute Gasteiger partial charge is 0.334 e. The molecule has 1 N–H and O–H groups in total. The van der Waals surface area contributed by atoms with Gasteiger partial charge >= 0.3 is 0 Å². The number of benzene rings is 1. The van der Waals surface area contributed by atoms with Crippen molar-refractivity contribution < 1.29 is 18.1 Å². The molecule has 0 bridgehead atoms. The zero-order chi connectivity index (χ0) is 18.1. The lowest BCUT2D eigenvalue weighted by atomic mass is 10.2. The summed E-state index contributed by atoms with van der Waals surface area (Å²) >= 11 is 12.1. The fraction of sp³-hybridized carbons (Fsp3) is 0.533. The number of hydrogen-bond acceptors (Lipinski definition) is 3. The molecular weight excluding hydrogens is 373 g/mol. The van der Waals surface area contributed by atoms with Gasteiger partial charge in [-0.05, 0) is 25.1 Å². The van der Waals surface area contributed by atoms with Gasteiger partial charge in [-0.3, -0.25) is 9.10 Å². The van der Waals surface area contributed by atoms with E-state index in [1.54, 1.807) is 17.9 Å². The van der Waals surface area contributed by atoms with Gasteiger partial charge in [0.05, 0.1) is 50.2 Å². The lowest BCUT2D eigenvalue weighted by Crippen LogP contribution is -3.12. The Bertz CT molecular complexity index is 719. The second kappa shape index (κ2) is 7.47. The molecule has 1 heterocycles. The summed E-state index contributed by atoms with van der Waals surface area (Å²) in [5.41, 5.74) is 0.215. The molecule has 6 nitrogen and oxygen atoms in total. The lowest BCUT2D eigenvalue weighted by molar-refractivity contribution is -0.883. The molecular formula is C15H22Cl2N3O3S+. The predicted molar refractivity (Wildman–Crippen MR) is 96.4 cm³/mol. The SMILES string of the molecule is C[C@@H](C(=O)N1CC[NH+](C)CC1)N(c1cc(Cl)ccc1Cl)S(C)(=O)=O. The lowest BCUT2D eigenvalue weighted by Gasteiger charge is -2.35. The quantitative estimate of drug-likeness (QED) is 0.808. The first-order valence-electron chi connectivity index (χ1n) is 7.66. The summed E-state index contributed by atoms with van der Waals surface area (Å²) in [5, 5.41) is 0.582. The highest BCUT2D eigenvalue weighted by atomic mass is 35.5. The fourth-order valence-corrected chi connectivity index (χ4v) is 4.40. The number of anilines is 1. The van der Waals surface area contributed by atoms with Gasteiger partial charge in [-0.2, -0.15) is 0 Å². The molecule has 1 aliphatic rings. The summed E-state index contributed by atoms with van der Waals surface area (Å²) in [7, 11) is -1.64. The van der Waals surface area contributed by atoms with Crippen LogP contribution in [0.3, 0.4) is 0 Å². The third-order valence-corrected chi connectivity index (χ3v) is 5.92. The molecule has 9 heteroatoms. The van der Waals surface area contributed by atoms with E-state index in [9.17, 15) is 13.2 Å². The van der Waals surface area contributed by atoms with Gasteiger partial charge in [0.15, 0.2) is 0 Å². The van der Waals surface area contributed by atoms with Crippen molar-refractivity contribution in [2.45, 2.75) is 13.0 Å². The van der Waals surface area contributed by atoms with Gasteiger partial charge in [0.1, 0.15) is 6.04 Å². The number of piperazine rings is 1. The van der Waals surface area contributed by atoms with E-state index < -0.39 is 16.1 Å². The van der Waals surface area contributed by atoms with E-state index in [0.29, 0.717) is 18.1 Å². The molecule has 1 saturated heterocycles. The maximum absolute atomic E-state index is 12.8. The van der Waals surface area contributed by atoms with Gasteiger partial charge < -0.3 is 9.80 Å². The zero-order valence-corrected chi connectivity index (χ0v) is 16.2. The van der Waals surface area contributed by atoms with Crippen LogP contribution in [0.25, 0.3) is 0 Å². The van der Waals surface area contributed by atoms with Crippen LogP contribution in [-0.2, 0) is 14.8 Å². The number of sulfonamides is 1. The first kappa shape index (κ1) is 19.3. The molecule has 0 saturated carbocycles. The van der Waals surface area contributed by atoms with Crippen LogP contribution in [0.5, 0.6) is 0 Å². The molecule has 0 aromatic heterocycles. The Hall–Kier alpha value is -1.02. The molecule has 0 unspecified atom stereocenters. The number of amides is 1. The van der Waals surface area contributed by atoms with E-state index in [4.69, 9.17) is 23.2 Å². The number of hydrogen-bond donors (Lipinski definition) is 1. The van der Waals surface area contributed by atoms with Crippen LogP contribution in [0.1, 0.15) is 6.92 Å². The minimum Gasteiger partial charge on any atom is -0.334 e. The van der Waals surface area contributed by atoms with Crippen molar-refractivity contribution >= 4 is 44.8 Å². The van der Waals surface area contributed by atoms with Gasteiger partial charge in [0, 0.05) is 5.02 Å². The fourth-order valence-electron chi connectivity index (χ4n) is 2.80. The van der Waals surface area contributed by atoms with Gasteiger partial charge in [0.2, 0.25) is 15.9 Å². The number of rotatable bonds is 4. The molecule has 1 aromatic rings. The number of quaternary nitrogens is 1. The third-order valence-electron chi connectivity index (χ3n) is 4.14. The van der Waals surface area contributed by atoms with Crippen LogP contribution >= 0.6 is 23.2 Å². The second-order valence-electron chi connectivity index (χ2n) is 6.11. The second-order valence-corrected chi connectivity index (χ2v) is 8.82. The standard InChI is InChI=1S/C15H21Cl2N3O3S/c1-11(15(21)19-8-6-18(2)7-9-19)20(24(3,22)23)14-10-12(16)4-5-13(14)17/h4-5,10-11H,6-9H2,1-3H3/p+1/t11-/m0/s1. The summed E-state index contributed by atoms with van der Waals surface area (Å²) < 4.78 is 25.7. The van der Waals surface area contributed by atoms with Crippen molar-refractivity contribution in [1.82, 2.24) is 4.90 Å². The van der Waals surface area contributed by atoms with Crippen molar-refractivity contribution in [3.63, 3.8) is 0 Å². The molecule has 1 fully saturated rings. The Morgan fingerprint density at radius 1 is 1.29 bits per heavy atom. The molecule has 24 heavy (non-hydrogen) atoms. The Morgan fingerprint density at radius 2 is 1.88 bits per heavy atom. The normalized spacial score (nSPS) is 17.6. The van der Waals surface area contributed by atoms with Crippen LogP contribution in [0, 0.1) is 0 Å². The van der Waals surface area contributed by atoms with Gasteiger partial charge in [-0.25, -0.2) is 8.42 Å². The minimum absolute atomic E-state index is 0.215. The molecule has 0 aliphatic carbocycles. The average Bonchev–Trinajstić information content (AvgIpc) is 2.49. The molecule has 1 aliphatic heterocycles. The zero-order valence-electron chi connectivity index (χ0n) is 13.9. The summed E-state index contributed by atoms with van der Waals surface area (Å²) in [6.45, 7) is 4.47. The van der Waals surface area contributed by atoms with Crippen LogP contribution in [0.4, 0.5) is 5.69 Å². The molecule has 1 amide bonds. The molecule has 1 atom stereocenters. The molecule has 0 spiro atoms.